The molecule has 0 spiro atoms. The van der Waals surface area contributed by atoms with Gasteiger partial charge < -0.3 is 0 Å². The first-order valence-corrected chi connectivity index (χ1v) is 8.96. The standard InChI is InChI=1S/C21H17N3S/c1-15-6-8-16(9-7-15)13-22-24-21-23-20(14-25-21)19-11-10-17-4-2-3-5-18(17)12-19/h2-14H,1H3,(H,23,24). The molecule has 0 saturated heterocycles. The Bertz CT molecular complexity index is 1030. The van der Waals surface area contributed by atoms with Crippen molar-refractivity contribution in [2.75, 3.05) is 5.43 Å². The molecular weight excluding hydrogens is 326 g/mol. The van der Waals surface area contributed by atoms with Crippen LogP contribution in [0.4, 0.5) is 5.13 Å². The Morgan fingerprint density at radius 1 is 0.960 bits per heavy atom. The summed E-state index contributed by atoms with van der Waals surface area (Å²) in [7, 11) is 0. The average molecular weight is 343 g/mol. The third-order valence-corrected chi connectivity index (χ3v) is 4.75. The van der Waals surface area contributed by atoms with Crippen LogP contribution < -0.4 is 5.43 Å². The fourth-order valence-corrected chi connectivity index (χ4v) is 3.29. The van der Waals surface area contributed by atoms with E-state index in [0.717, 1.165) is 22.0 Å². The van der Waals surface area contributed by atoms with E-state index < -0.39 is 0 Å². The van der Waals surface area contributed by atoms with Crippen LogP contribution in [0.2, 0.25) is 0 Å². The first-order chi connectivity index (χ1) is 12.3. The molecule has 0 aliphatic rings. The molecule has 0 radical (unpaired) electrons. The largest absolute Gasteiger partial charge is 0.253 e. The number of nitrogens with zero attached hydrogens (tertiary/aromatic N) is 2. The number of aromatic nitrogens is 1. The minimum atomic E-state index is 0.784. The van der Waals surface area contributed by atoms with Crippen molar-refractivity contribution in [3.05, 3.63) is 83.2 Å². The molecule has 3 nitrogen and oxygen atoms in total. The molecule has 1 aromatic heterocycles. The molecule has 4 rings (SSSR count). The van der Waals surface area contributed by atoms with Gasteiger partial charge in [0.1, 0.15) is 0 Å². The number of aryl methyl sites for hydroxylation is 1. The third-order valence-electron chi connectivity index (χ3n) is 4.00. The molecule has 0 atom stereocenters. The smallest absolute Gasteiger partial charge is 0.203 e. The van der Waals surface area contributed by atoms with Gasteiger partial charge in [0.15, 0.2) is 0 Å². The molecular formula is C21H17N3S. The zero-order chi connectivity index (χ0) is 17.1. The maximum atomic E-state index is 4.63. The number of anilines is 1. The maximum absolute atomic E-state index is 4.63. The van der Waals surface area contributed by atoms with E-state index in [1.165, 1.54) is 16.3 Å². The second kappa shape index (κ2) is 6.87. The molecule has 1 heterocycles. The van der Waals surface area contributed by atoms with Crippen LogP contribution in [-0.4, -0.2) is 11.2 Å². The number of hydrogen-bond acceptors (Lipinski definition) is 4. The molecule has 4 aromatic rings. The van der Waals surface area contributed by atoms with Crippen LogP contribution in [0, 0.1) is 6.92 Å². The van der Waals surface area contributed by atoms with Gasteiger partial charge in [-0.2, -0.15) is 5.10 Å². The van der Waals surface area contributed by atoms with Gasteiger partial charge >= 0.3 is 0 Å². The van der Waals surface area contributed by atoms with Crippen LogP contribution in [0.15, 0.2) is 77.2 Å². The average Bonchev–Trinajstić information content (AvgIpc) is 3.12. The minimum absolute atomic E-state index is 0.784. The second-order valence-corrected chi connectivity index (χ2v) is 6.74. The Kier molecular flexibility index (Phi) is 4.27. The highest BCUT2D eigenvalue weighted by molar-refractivity contribution is 7.14. The molecule has 4 heteroatoms. The van der Waals surface area contributed by atoms with Gasteiger partial charge in [-0.3, -0.25) is 5.43 Å². The first-order valence-electron chi connectivity index (χ1n) is 8.08. The lowest BCUT2D eigenvalue weighted by Gasteiger charge is -2.00. The minimum Gasteiger partial charge on any atom is -0.253 e. The number of fused-ring (bicyclic) bond motifs is 1. The Morgan fingerprint density at radius 2 is 1.76 bits per heavy atom. The predicted molar refractivity (Wildman–Crippen MR) is 107 cm³/mol. The van der Waals surface area contributed by atoms with Crippen LogP contribution in [0.1, 0.15) is 11.1 Å². The van der Waals surface area contributed by atoms with Crippen molar-refractivity contribution >= 4 is 33.5 Å². The molecule has 3 aromatic carbocycles. The monoisotopic (exact) mass is 343 g/mol. The van der Waals surface area contributed by atoms with Gasteiger partial charge in [0, 0.05) is 10.9 Å². The highest BCUT2D eigenvalue weighted by Crippen LogP contribution is 2.27. The molecule has 0 fully saturated rings. The van der Waals surface area contributed by atoms with Crippen molar-refractivity contribution in [1.29, 1.82) is 0 Å². The summed E-state index contributed by atoms with van der Waals surface area (Å²) in [4.78, 5) is 4.63. The van der Waals surface area contributed by atoms with Gasteiger partial charge in [0.2, 0.25) is 5.13 Å². The van der Waals surface area contributed by atoms with Crippen LogP contribution >= 0.6 is 11.3 Å². The summed E-state index contributed by atoms with van der Waals surface area (Å²) in [6.07, 6.45) is 1.80. The van der Waals surface area contributed by atoms with E-state index in [4.69, 9.17) is 0 Å². The summed E-state index contributed by atoms with van der Waals surface area (Å²) in [6, 6.07) is 23.0. The van der Waals surface area contributed by atoms with Crippen molar-refractivity contribution in [3.63, 3.8) is 0 Å². The number of nitrogens with one attached hydrogen (secondary N) is 1. The summed E-state index contributed by atoms with van der Waals surface area (Å²) in [5.41, 5.74) is 7.39. The molecule has 0 aliphatic carbocycles. The predicted octanol–water partition coefficient (Wildman–Crippen LogP) is 5.72. The molecule has 0 bridgehead atoms. The summed E-state index contributed by atoms with van der Waals surface area (Å²) >= 11 is 1.55. The zero-order valence-electron chi connectivity index (χ0n) is 13.8. The number of hydrogen-bond donors (Lipinski definition) is 1. The first kappa shape index (κ1) is 15.5. The van der Waals surface area contributed by atoms with Crippen molar-refractivity contribution in [2.45, 2.75) is 6.92 Å². The zero-order valence-corrected chi connectivity index (χ0v) is 14.6. The Labute approximate surface area is 150 Å². The lowest BCUT2D eigenvalue weighted by molar-refractivity contribution is 1.29. The summed E-state index contributed by atoms with van der Waals surface area (Å²) < 4.78 is 0. The fourth-order valence-electron chi connectivity index (χ4n) is 2.62. The van der Waals surface area contributed by atoms with Crippen molar-refractivity contribution < 1.29 is 0 Å². The van der Waals surface area contributed by atoms with Gasteiger partial charge in [-0.25, -0.2) is 4.98 Å². The van der Waals surface area contributed by atoms with Crippen molar-refractivity contribution in [2.24, 2.45) is 5.10 Å². The van der Waals surface area contributed by atoms with Crippen LogP contribution in [0.5, 0.6) is 0 Å². The molecule has 1 N–H and O–H groups in total. The SMILES string of the molecule is Cc1ccc(C=NNc2nc(-c3ccc4ccccc4c3)cs2)cc1. The summed E-state index contributed by atoms with van der Waals surface area (Å²) in [5, 5.41) is 9.57. The normalized spacial score (nSPS) is 11.2. The quantitative estimate of drug-likeness (QED) is 0.380. The van der Waals surface area contributed by atoms with E-state index in [9.17, 15) is 0 Å². The lowest BCUT2D eigenvalue weighted by atomic mass is 10.1. The second-order valence-electron chi connectivity index (χ2n) is 5.88. The van der Waals surface area contributed by atoms with Gasteiger partial charge in [-0.1, -0.05) is 66.2 Å². The van der Waals surface area contributed by atoms with Crippen LogP contribution in [0.3, 0.4) is 0 Å². The third kappa shape index (κ3) is 3.59. The van der Waals surface area contributed by atoms with Gasteiger partial charge in [-0.05, 0) is 29.3 Å². The molecule has 0 saturated carbocycles. The number of benzene rings is 3. The number of hydrazone groups is 1. The molecule has 122 valence electrons. The van der Waals surface area contributed by atoms with Crippen LogP contribution in [0.25, 0.3) is 22.0 Å². The van der Waals surface area contributed by atoms with E-state index in [2.05, 4.69) is 77.0 Å². The van der Waals surface area contributed by atoms with E-state index in [1.807, 2.05) is 17.5 Å². The highest BCUT2D eigenvalue weighted by atomic mass is 32.1. The Morgan fingerprint density at radius 3 is 2.60 bits per heavy atom. The van der Waals surface area contributed by atoms with E-state index in [0.29, 0.717) is 0 Å². The van der Waals surface area contributed by atoms with Crippen LogP contribution in [-0.2, 0) is 0 Å². The Balaban J connectivity index is 1.50. The van der Waals surface area contributed by atoms with E-state index in [-0.39, 0.29) is 0 Å². The Hall–Kier alpha value is -2.98. The highest BCUT2D eigenvalue weighted by Gasteiger charge is 2.05. The summed E-state index contributed by atoms with van der Waals surface area (Å²) in [5.74, 6) is 0. The van der Waals surface area contributed by atoms with Crippen molar-refractivity contribution in [1.82, 2.24) is 4.98 Å². The summed E-state index contributed by atoms with van der Waals surface area (Å²) in [6.45, 7) is 2.07. The maximum Gasteiger partial charge on any atom is 0.203 e. The molecule has 25 heavy (non-hydrogen) atoms. The molecule has 0 aliphatic heterocycles. The fraction of sp³-hybridized carbons (Fsp3) is 0.0476. The topological polar surface area (TPSA) is 37.3 Å². The van der Waals surface area contributed by atoms with Gasteiger partial charge in [0.25, 0.3) is 0 Å². The van der Waals surface area contributed by atoms with Gasteiger partial charge in [0.05, 0.1) is 11.9 Å². The number of rotatable bonds is 4. The van der Waals surface area contributed by atoms with E-state index >= 15 is 0 Å². The van der Waals surface area contributed by atoms with E-state index in [1.54, 1.807) is 17.6 Å². The molecule has 0 amide bonds. The van der Waals surface area contributed by atoms with Crippen molar-refractivity contribution in [3.8, 4) is 11.3 Å². The lowest BCUT2D eigenvalue weighted by Crippen LogP contribution is -1.90. The van der Waals surface area contributed by atoms with Gasteiger partial charge in [-0.15, -0.1) is 11.3 Å². The molecule has 0 unspecified atom stereocenters. The number of thiazole rings is 1.